The molecular weight excluding hydrogens is 168 g/mol. The first-order valence-electron chi connectivity index (χ1n) is 1.42. The van der Waals surface area contributed by atoms with Gasteiger partial charge in [0, 0.05) is 33.3 Å². The van der Waals surface area contributed by atoms with Crippen molar-refractivity contribution in [3.05, 3.63) is 0 Å². The van der Waals surface area contributed by atoms with E-state index in [1.54, 1.807) is 0 Å². The summed E-state index contributed by atoms with van der Waals surface area (Å²) in [6.07, 6.45) is 0. The molecule has 1 N–H and O–H groups in total. The minimum atomic E-state index is -3.15. The van der Waals surface area contributed by atoms with Gasteiger partial charge in [-0.05, 0) is 0 Å². The Hall–Kier alpha value is 0.773. The Kier molecular flexibility index (Phi) is 5.71. The Labute approximate surface area is 55.4 Å². The molecule has 0 fully saturated rings. The first-order chi connectivity index (χ1) is 2.56. The fourth-order valence-electron chi connectivity index (χ4n) is 0. The average Bonchev–Trinajstić information content (AvgIpc) is 1.35. The smallest absolute Gasteiger partial charge is 0.324 e. The molecule has 0 aliphatic heterocycles. The van der Waals surface area contributed by atoms with E-state index in [0.29, 0.717) is 0 Å². The third-order valence-electron chi connectivity index (χ3n) is 0.339. The Bertz CT molecular complexity index is 77.0. The molecule has 1 unspecified atom stereocenters. The summed E-state index contributed by atoms with van der Waals surface area (Å²) in [6, 6.07) is 0. The van der Waals surface area contributed by atoms with E-state index < -0.39 is 7.60 Å². The molecule has 0 aliphatic carbocycles. The number of hydrogen-bond donors (Lipinski definition) is 1. The van der Waals surface area contributed by atoms with E-state index in [9.17, 15) is 4.57 Å². The van der Waals surface area contributed by atoms with Crippen LogP contribution in [-0.4, -0.2) is 18.7 Å². The molecule has 0 amide bonds. The first kappa shape index (κ1) is 10.7. The van der Waals surface area contributed by atoms with Crippen molar-refractivity contribution < 1.29 is 33.5 Å². The molecule has 0 spiro atoms. The van der Waals surface area contributed by atoms with Gasteiger partial charge in [-0.2, -0.15) is 0 Å². The molecule has 0 aromatic carbocycles. The monoisotopic (exact) mass is 174 g/mol. The number of hydrogen-bond acceptors (Lipinski definition) is 2. The van der Waals surface area contributed by atoms with E-state index in [1.165, 1.54) is 7.11 Å². The van der Waals surface area contributed by atoms with Crippen LogP contribution in [0.1, 0.15) is 0 Å². The van der Waals surface area contributed by atoms with Crippen molar-refractivity contribution in [3.63, 3.8) is 0 Å². The molecule has 7 heavy (non-hydrogen) atoms. The van der Waals surface area contributed by atoms with Gasteiger partial charge in [-0.25, -0.2) is 0 Å². The fourth-order valence-corrected chi connectivity index (χ4v) is 0. The molecule has 0 aromatic heterocycles. The molecule has 5 heteroatoms. The maximum Gasteiger partial charge on any atom is 0.324 e. The van der Waals surface area contributed by atoms with E-state index in [4.69, 9.17) is 4.89 Å². The molecule has 40 valence electrons. The van der Waals surface area contributed by atoms with Gasteiger partial charge in [-0.15, -0.1) is 0 Å². The van der Waals surface area contributed by atoms with E-state index in [1.807, 2.05) is 0 Å². The van der Waals surface area contributed by atoms with Crippen molar-refractivity contribution in [3.8, 4) is 0 Å². The summed E-state index contributed by atoms with van der Waals surface area (Å²) < 4.78 is 14.0. The van der Waals surface area contributed by atoms with Crippen LogP contribution in [0.5, 0.6) is 0 Å². The zero-order valence-electron chi connectivity index (χ0n) is 4.42. The largest absolute Gasteiger partial charge is 0.324 e. The average molecular weight is 175 g/mol. The van der Waals surface area contributed by atoms with Gasteiger partial charge in [-0.1, -0.05) is 0 Å². The summed E-state index contributed by atoms with van der Waals surface area (Å²) in [6.45, 7) is 1.13. The van der Waals surface area contributed by atoms with Crippen LogP contribution < -0.4 is 0 Å². The van der Waals surface area contributed by atoms with E-state index in [2.05, 4.69) is 4.52 Å². The Balaban J connectivity index is 0. The van der Waals surface area contributed by atoms with Crippen LogP contribution in [0.4, 0.5) is 0 Å². The molecule has 0 bridgehead atoms. The summed E-state index contributed by atoms with van der Waals surface area (Å²) in [5, 5.41) is 0. The van der Waals surface area contributed by atoms with Crippen LogP contribution in [0.25, 0.3) is 0 Å². The maximum absolute atomic E-state index is 9.92. The molecule has 0 saturated heterocycles. The second kappa shape index (κ2) is 3.74. The molecule has 0 rings (SSSR count). The van der Waals surface area contributed by atoms with Gasteiger partial charge in [0.25, 0.3) is 0 Å². The van der Waals surface area contributed by atoms with Gasteiger partial charge >= 0.3 is 7.60 Å². The van der Waals surface area contributed by atoms with Gasteiger partial charge in [0.15, 0.2) is 0 Å². The second-order valence-electron chi connectivity index (χ2n) is 0.986. The van der Waals surface area contributed by atoms with Crippen molar-refractivity contribution in [2.45, 2.75) is 0 Å². The fraction of sp³-hybridized carbons (Fsp3) is 1.00. The summed E-state index contributed by atoms with van der Waals surface area (Å²) in [7, 11) is -1.95. The first-order valence-corrected chi connectivity index (χ1v) is 3.45. The van der Waals surface area contributed by atoms with Crippen LogP contribution in [0, 0.1) is 0 Å². The summed E-state index contributed by atoms with van der Waals surface area (Å²) in [4.78, 5) is 8.16. The van der Waals surface area contributed by atoms with Crippen molar-refractivity contribution in [1.29, 1.82) is 0 Å². The topological polar surface area (TPSA) is 46.5 Å². The van der Waals surface area contributed by atoms with E-state index >= 15 is 0 Å². The quantitative estimate of drug-likeness (QED) is 0.465. The van der Waals surface area contributed by atoms with Gasteiger partial charge < -0.3 is 9.42 Å². The second-order valence-corrected chi connectivity index (χ2v) is 2.96. The Morgan fingerprint density at radius 3 is 1.86 bits per heavy atom. The molecule has 0 radical (unpaired) electrons. The summed E-state index contributed by atoms with van der Waals surface area (Å²) in [5.74, 6) is 0. The van der Waals surface area contributed by atoms with Crippen LogP contribution >= 0.6 is 7.60 Å². The Morgan fingerprint density at radius 1 is 1.71 bits per heavy atom. The summed E-state index contributed by atoms with van der Waals surface area (Å²) in [5.41, 5.74) is 0. The predicted molar refractivity (Wildman–Crippen MR) is 22.8 cm³/mol. The van der Waals surface area contributed by atoms with Gasteiger partial charge in [0.1, 0.15) is 0 Å². The van der Waals surface area contributed by atoms with Crippen LogP contribution in [0.2, 0.25) is 0 Å². The van der Waals surface area contributed by atoms with Crippen LogP contribution in [0.15, 0.2) is 0 Å². The van der Waals surface area contributed by atoms with Gasteiger partial charge in [0.2, 0.25) is 0 Å². The molecule has 0 aliphatic rings. The van der Waals surface area contributed by atoms with Gasteiger partial charge in [-0.3, -0.25) is 4.57 Å². The van der Waals surface area contributed by atoms with Crippen molar-refractivity contribution in [1.82, 2.24) is 0 Å². The van der Waals surface area contributed by atoms with Crippen LogP contribution in [0.3, 0.4) is 0 Å². The summed E-state index contributed by atoms with van der Waals surface area (Å²) >= 11 is 0. The molecule has 0 aromatic rings. The normalized spacial score (nSPS) is 17.0. The minimum Gasteiger partial charge on any atom is -0.324 e. The zero-order chi connectivity index (χ0) is 5.21. The molecule has 3 nitrogen and oxygen atoms in total. The SMILES string of the molecule is COP(C)(=O)O.[Zn]. The molecule has 0 saturated carbocycles. The number of rotatable bonds is 1. The third-order valence-corrected chi connectivity index (χ3v) is 1.02. The van der Waals surface area contributed by atoms with E-state index in [0.717, 1.165) is 6.66 Å². The Morgan fingerprint density at radius 2 is 1.86 bits per heavy atom. The zero-order valence-corrected chi connectivity index (χ0v) is 8.28. The standard InChI is InChI=1S/C2H7O3P.Zn/c1-5-6(2,3)4;/h1-2H3,(H,3,4);. The molecule has 1 atom stereocenters. The van der Waals surface area contributed by atoms with Crippen molar-refractivity contribution in [2.24, 2.45) is 0 Å². The van der Waals surface area contributed by atoms with Crippen molar-refractivity contribution in [2.75, 3.05) is 13.8 Å². The molecular formula is C2H7O3PZn. The van der Waals surface area contributed by atoms with Crippen molar-refractivity contribution >= 4 is 7.60 Å². The van der Waals surface area contributed by atoms with Crippen LogP contribution in [-0.2, 0) is 28.6 Å². The predicted octanol–water partition coefficient (Wildman–Crippen LogP) is 0.445. The maximum atomic E-state index is 9.92. The minimum absolute atomic E-state index is 0. The third kappa shape index (κ3) is 10.8. The molecule has 0 heterocycles. The van der Waals surface area contributed by atoms with Gasteiger partial charge in [0.05, 0.1) is 0 Å². The van der Waals surface area contributed by atoms with E-state index in [-0.39, 0.29) is 19.5 Å².